The molecule has 0 saturated heterocycles. The molecule has 1 rings (SSSR count). The van der Waals surface area contributed by atoms with Crippen molar-refractivity contribution >= 4 is 23.9 Å². The van der Waals surface area contributed by atoms with Crippen LogP contribution in [0.25, 0.3) is 0 Å². The minimum atomic E-state index is -1.40. The second kappa shape index (κ2) is 2.00. The summed E-state index contributed by atoms with van der Waals surface area (Å²) in [7, 11) is 0. The monoisotopic (exact) mass is 146 g/mol. The van der Waals surface area contributed by atoms with Crippen LogP contribution in [-0.2, 0) is 4.79 Å². The molecule has 0 spiro atoms. The van der Waals surface area contributed by atoms with Gasteiger partial charge < -0.3 is 5.11 Å². The summed E-state index contributed by atoms with van der Waals surface area (Å²) in [5, 5.41) is 8.41. The second-order valence-electron chi connectivity index (χ2n) is 1.62. The summed E-state index contributed by atoms with van der Waals surface area (Å²) >= 11 is 1.11. The summed E-state index contributed by atoms with van der Waals surface area (Å²) in [6.45, 7) is 0. The molecule has 1 aliphatic rings. The molecule has 0 aromatic carbocycles. The fourth-order valence-electron chi connectivity index (χ4n) is 0.491. The van der Waals surface area contributed by atoms with Gasteiger partial charge in [-0.05, 0) is 0 Å². The predicted molar refractivity (Wildman–Crippen MR) is 35.5 cm³/mol. The number of nitrogens with two attached hydrogens (primary N) is 1. The molecule has 0 amide bonds. The van der Waals surface area contributed by atoms with E-state index in [1.54, 1.807) is 0 Å². The molecular weight excluding hydrogens is 140 g/mol. The van der Waals surface area contributed by atoms with Crippen LogP contribution in [0.3, 0.4) is 0 Å². The first-order valence-corrected chi connectivity index (χ1v) is 3.33. The van der Waals surface area contributed by atoms with Crippen LogP contribution in [0.15, 0.2) is 4.99 Å². The number of nitrogens with zero attached hydrogens (tertiary/aromatic N) is 1. The van der Waals surface area contributed by atoms with Crippen LogP contribution in [0.5, 0.6) is 0 Å². The van der Waals surface area contributed by atoms with E-state index < -0.39 is 11.0 Å². The van der Waals surface area contributed by atoms with Gasteiger partial charge in [-0.3, -0.25) is 10.7 Å². The highest BCUT2D eigenvalue weighted by molar-refractivity contribution is 8.02. The first-order valence-electron chi connectivity index (χ1n) is 2.35. The highest BCUT2D eigenvalue weighted by Gasteiger charge is 2.35. The molecule has 3 N–H and O–H groups in total. The predicted octanol–water partition coefficient (Wildman–Crippen LogP) is -0.499. The smallest absolute Gasteiger partial charge is 0.357 e. The van der Waals surface area contributed by atoms with Gasteiger partial charge in [0.1, 0.15) is 0 Å². The number of aliphatic carboxylic acids is 1. The molecule has 0 aromatic rings. The normalized spacial score (nSPS) is 33.0. The van der Waals surface area contributed by atoms with Gasteiger partial charge in [0.05, 0.1) is 0 Å². The first-order chi connectivity index (χ1) is 4.15. The summed E-state index contributed by atoms with van der Waals surface area (Å²) in [5.41, 5.74) is 5.27. The van der Waals surface area contributed by atoms with E-state index in [-0.39, 0.29) is 0 Å². The van der Waals surface area contributed by atoms with Gasteiger partial charge in [0.2, 0.25) is 0 Å². The van der Waals surface area contributed by atoms with E-state index in [0.29, 0.717) is 5.75 Å². The number of carboxylic acids is 1. The number of hydrogen-bond donors (Lipinski definition) is 2. The molecule has 9 heavy (non-hydrogen) atoms. The number of rotatable bonds is 1. The van der Waals surface area contributed by atoms with Gasteiger partial charge in [0.15, 0.2) is 0 Å². The molecule has 0 aliphatic carbocycles. The van der Waals surface area contributed by atoms with Crippen LogP contribution in [0.2, 0.25) is 0 Å². The number of thioether (sulfide) groups is 1. The van der Waals surface area contributed by atoms with Gasteiger partial charge >= 0.3 is 5.97 Å². The van der Waals surface area contributed by atoms with E-state index in [1.807, 2.05) is 0 Å². The average Bonchev–Trinajstić information content (AvgIpc) is 2.16. The zero-order valence-corrected chi connectivity index (χ0v) is 5.39. The van der Waals surface area contributed by atoms with E-state index in [1.165, 1.54) is 6.21 Å². The second-order valence-corrected chi connectivity index (χ2v) is 2.87. The minimum Gasteiger partial charge on any atom is -0.478 e. The van der Waals surface area contributed by atoms with Gasteiger partial charge in [-0.25, -0.2) is 4.79 Å². The Morgan fingerprint density at radius 2 is 2.67 bits per heavy atom. The Balaban J connectivity index is 2.74. The molecule has 0 radical (unpaired) electrons. The van der Waals surface area contributed by atoms with Crippen LogP contribution in [0.4, 0.5) is 0 Å². The van der Waals surface area contributed by atoms with E-state index in [9.17, 15) is 4.79 Å². The molecule has 4 nitrogen and oxygen atoms in total. The third-order valence-electron chi connectivity index (χ3n) is 0.967. The van der Waals surface area contributed by atoms with Gasteiger partial charge in [0.25, 0.3) is 4.99 Å². The number of aliphatic imine (C=N–C) groups is 1. The van der Waals surface area contributed by atoms with Gasteiger partial charge in [-0.1, -0.05) is 11.8 Å². The SMILES string of the molecule is NC1(C(=O)O)N=CCS1. The fraction of sp³-hybridized carbons (Fsp3) is 0.500. The number of hydrogen-bond acceptors (Lipinski definition) is 4. The maximum Gasteiger partial charge on any atom is 0.357 e. The first kappa shape index (κ1) is 6.57. The molecule has 0 saturated carbocycles. The lowest BCUT2D eigenvalue weighted by Crippen LogP contribution is -2.40. The lowest BCUT2D eigenvalue weighted by molar-refractivity contribution is -0.139. The van der Waals surface area contributed by atoms with Crippen molar-refractivity contribution in [3.63, 3.8) is 0 Å². The Kier molecular flexibility index (Phi) is 1.46. The minimum absolute atomic E-state index is 0.586. The van der Waals surface area contributed by atoms with E-state index in [2.05, 4.69) is 4.99 Å². The van der Waals surface area contributed by atoms with Crippen LogP contribution in [-0.4, -0.2) is 28.0 Å². The number of carboxylic acid groups (broad SMARTS) is 1. The summed E-state index contributed by atoms with van der Waals surface area (Å²) in [4.78, 5) is 12.4. The van der Waals surface area contributed by atoms with Crippen molar-refractivity contribution in [1.29, 1.82) is 0 Å². The quantitative estimate of drug-likeness (QED) is 0.523. The molecule has 1 heterocycles. The molecule has 1 aliphatic heterocycles. The molecule has 1 atom stereocenters. The van der Waals surface area contributed by atoms with E-state index in [0.717, 1.165) is 11.8 Å². The Morgan fingerprint density at radius 1 is 2.00 bits per heavy atom. The van der Waals surface area contributed by atoms with E-state index in [4.69, 9.17) is 10.8 Å². The molecule has 1 unspecified atom stereocenters. The van der Waals surface area contributed by atoms with Crippen LogP contribution in [0.1, 0.15) is 0 Å². The molecule has 0 bridgehead atoms. The summed E-state index contributed by atoms with van der Waals surface area (Å²) in [6.07, 6.45) is 1.51. The van der Waals surface area contributed by atoms with Crippen molar-refractivity contribution in [2.45, 2.75) is 4.99 Å². The molecule has 50 valence electrons. The van der Waals surface area contributed by atoms with Crippen molar-refractivity contribution in [1.82, 2.24) is 0 Å². The average molecular weight is 146 g/mol. The van der Waals surface area contributed by atoms with Crippen molar-refractivity contribution in [3.05, 3.63) is 0 Å². The number of carbonyl (C=O) groups is 1. The standard InChI is InChI=1S/C4H6N2O2S/c5-4(3(7)8)6-1-2-9-4/h1H,2,5H2,(H,7,8). The lowest BCUT2D eigenvalue weighted by atomic mass is 10.5. The van der Waals surface area contributed by atoms with Crippen LogP contribution >= 0.6 is 11.8 Å². The maximum atomic E-state index is 10.3. The molecular formula is C4H6N2O2S. The maximum absolute atomic E-state index is 10.3. The van der Waals surface area contributed by atoms with Crippen molar-refractivity contribution in [3.8, 4) is 0 Å². The third kappa shape index (κ3) is 1.06. The summed E-state index contributed by atoms with van der Waals surface area (Å²) in [6, 6.07) is 0. The van der Waals surface area contributed by atoms with Gasteiger partial charge in [-0.2, -0.15) is 0 Å². The summed E-state index contributed by atoms with van der Waals surface area (Å²) < 4.78 is 0. The lowest BCUT2D eigenvalue weighted by Gasteiger charge is -2.11. The van der Waals surface area contributed by atoms with Crippen molar-refractivity contribution < 1.29 is 9.90 Å². The van der Waals surface area contributed by atoms with Crippen molar-refractivity contribution in [2.24, 2.45) is 10.7 Å². The fourth-order valence-corrected chi connectivity index (χ4v) is 1.17. The zero-order valence-electron chi connectivity index (χ0n) is 4.57. The highest BCUT2D eigenvalue weighted by Crippen LogP contribution is 2.24. The molecule has 0 aromatic heterocycles. The van der Waals surface area contributed by atoms with Crippen LogP contribution in [0, 0.1) is 0 Å². The van der Waals surface area contributed by atoms with Crippen LogP contribution < -0.4 is 5.73 Å². The largest absolute Gasteiger partial charge is 0.478 e. The van der Waals surface area contributed by atoms with Gasteiger partial charge in [-0.15, -0.1) is 0 Å². The molecule has 0 fully saturated rings. The highest BCUT2D eigenvalue weighted by atomic mass is 32.2. The Morgan fingerprint density at radius 3 is 2.89 bits per heavy atom. The summed E-state index contributed by atoms with van der Waals surface area (Å²) in [5.74, 6) is -0.496. The Labute approximate surface area is 56.1 Å². The Bertz CT molecular complexity index is 170. The van der Waals surface area contributed by atoms with Crippen molar-refractivity contribution in [2.75, 3.05) is 5.75 Å². The Hall–Kier alpha value is -0.550. The molecule has 5 heteroatoms. The van der Waals surface area contributed by atoms with Gasteiger partial charge in [0, 0.05) is 12.0 Å². The third-order valence-corrected chi connectivity index (χ3v) is 2.00. The zero-order chi connectivity index (χ0) is 6.91. The topological polar surface area (TPSA) is 75.7 Å². The van der Waals surface area contributed by atoms with E-state index >= 15 is 0 Å².